The number of rotatable bonds is 2. The third-order valence-electron chi connectivity index (χ3n) is 3.67. The molecule has 4 rings (SSSR count). The first-order valence-corrected chi connectivity index (χ1v) is 7.04. The topological polar surface area (TPSA) is 57.8 Å². The first-order valence-electron chi connectivity index (χ1n) is 7.04. The van der Waals surface area contributed by atoms with E-state index >= 15 is 0 Å². The molecule has 0 radical (unpaired) electrons. The number of carbonyl (C=O) groups excluding carboxylic acids is 1. The molecule has 0 aliphatic rings. The Bertz CT molecular complexity index is 973. The third-order valence-corrected chi connectivity index (χ3v) is 3.67. The molecule has 106 valence electrons. The summed E-state index contributed by atoms with van der Waals surface area (Å²) in [7, 11) is 0. The van der Waals surface area contributed by atoms with Crippen LogP contribution in [0, 0.1) is 0 Å². The fourth-order valence-corrected chi connectivity index (χ4v) is 2.62. The summed E-state index contributed by atoms with van der Waals surface area (Å²) in [4.78, 5) is 19.7. The van der Waals surface area contributed by atoms with Gasteiger partial charge in [-0.25, -0.2) is 4.98 Å². The summed E-state index contributed by atoms with van der Waals surface area (Å²) >= 11 is 0. The van der Waals surface area contributed by atoms with Gasteiger partial charge in [0.25, 0.3) is 5.91 Å². The van der Waals surface area contributed by atoms with Crippen molar-refractivity contribution in [2.75, 3.05) is 5.32 Å². The molecule has 4 aromatic rings. The smallest absolute Gasteiger partial charge is 0.273 e. The fraction of sp³-hybridized carbons (Fsp3) is 0. The quantitative estimate of drug-likeness (QED) is 0.586. The molecule has 0 spiro atoms. The van der Waals surface area contributed by atoms with Crippen LogP contribution in [0.3, 0.4) is 0 Å². The summed E-state index contributed by atoms with van der Waals surface area (Å²) in [5, 5.41) is 6.06. The van der Waals surface area contributed by atoms with Crippen molar-refractivity contribution in [1.82, 2.24) is 9.97 Å². The lowest BCUT2D eigenvalue weighted by molar-refractivity contribution is 0.102. The van der Waals surface area contributed by atoms with Gasteiger partial charge >= 0.3 is 0 Å². The van der Waals surface area contributed by atoms with Gasteiger partial charge in [0.15, 0.2) is 0 Å². The molecule has 0 unspecified atom stereocenters. The van der Waals surface area contributed by atoms with Gasteiger partial charge < -0.3 is 10.3 Å². The van der Waals surface area contributed by atoms with Crippen LogP contribution in [0.2, 0.25) is 0 Å². The molecule has 4 heteroatoms. The molecule has 1 amide bonds. The number of carbonyl (C=O) groups is 1. The van der Waals surface area contributed by atoms with Gasteiger partial charge in [0.1, 0.15) is 11.5 Å². The van der Waals surface area contributed by atoms with Crippen molar-refractivity contribution >= 4 is 33.4 Å². The normalized spacial score (nSPS) is 10.9. The van der Waals surface area contributed by atoms with Crippen LogP contribution in [0.15, 0.2) is 66.9 Å². The van der Waals surface area contributed by atoms with E-state index in [1.54, 1.807) is 12.3 Å². The van der Waals surface area contributed by atoms with Crippen LogP contribution in [0.5, 0.6) is 0 Å². The van der Waals surface area contributed by atoms with Gasteiger partial charge in [-0.05, 0) is 23.6 Å². The summed E-state index contributed by atoms with van der Waals surface area (Å²) < 4.78 is 0. The average Bonchev–Trinajstić information content (AvgIpc) is 3.00. The van der Waals surface area contributed by atoms with E-state index in [4.69, 9.17) is 0 Å². The molecular formula is C18H13N3O. The number of H-pyrrole nitrogens is 1. The van der Waals surface area contributed by atoms with E-state index in [1.807, 2.05) is 36.4 Å². The molecule has 0 bridgehead atoms. The van der Waals surface area contributed by atoms with E-state index in [-0.39, 0.29) is 5.91 Å². The first-order chi connectivity index (χ1) is 10.8. The van der Waals surface area contributed by atoms with Crippen molar-refractivity contribution in [2.24, 2.45) is 0 Å². The maximum atomic E-state index is 12.3. The van der Waals surface area contributed by atoms with Crippen LogP contribution in [0.1, 0.15) is 10.5 Å². The zero-order chi connectivity index (χ0) is 14.9. The van der Waals surface area contributed by atoms with Crippen LogP contribution in [0.25, 0.3) is 21.7 Å². The van der Waals surface area contributed by atoms with Crippen LogP contribution >= 0.6 is 0 Å². The Morgan fingerprint density at radius 2 is 1.77 bits per heavy atom. The molecule has 2 heterocycles. The number of pyridine rings is 1. The Labute approximate surface area is 126 Å². The number of fused-ring (bicyclic) bond motifs is 3. The molecule has 4 nitrogen and oxygen atoms in total. The molecule has 22 heavy (non-hydrogen) atoms. The van der Waals surface area contributed by atoms with Crippen LogP contribution in [0.4, 0.5) is 5.82 Å². The molecule has 2 aromatic heterocycles. The summed E-state index contributed by atoms with van der Waals surface area (Å²) in [6, 6.07) is 19.5. The molecule has 0 atom stereocenters. The van der Waals surface area contributed by atoms with E-state index in [0.29, 0.717) is 11.5 Å². The summed E-state index contributed by atoms with van der Waals surface area (Å²) in [6.07, 6.45) is 1.65. The number of aromatic nitrogens is 2. The van der Waals surface area contributed by atoms with Gasteiger partial charge in [-0.1, -0.05) is 42.5 Å². The van der Waals surface area contributed by atoms with Crippen LogP contribution in [-0.4, -0.2) is 15.9 Å². The Morgan fingerprint density at radius 1 is 0.955 bits per heavy atom. The van der Waals surface area contributed by atoms with E-state index in [1.165, 1.54) is 0 Å². The second-order valence-corrected chi connectivity index (χ2v) is 5.10. The zero-order valence-corrected chi connectivity index (χ0v) is 11.7. The van der Waals surface area contributed by atoms with Crippen molar-refractivity contribution < 1.29 is 4.79 Å². The number of anilines is 1. The van der Waals surface area contributed by atoms with E-state index in [2.05, 4.69) is 33.5 Å². The largest absolute Gasteiger partial charge is 0.350 e. The maximum absolute atomic E-state index is 12.3. The molecule has 0 fully saturated rings. The SMILES string of the molecule is O=C(Nc1ccccn1)c1cc2ccc3ccccc3c2[nH]1. The number of hydrogen-bond acceptors (Lipinski definition) is 2. The lowest BCUT2D eigenvalue weighted by Crippen LogP contribution is -2.12. The molecular weight excluding hydrogens is 274 g/mol. The van der Waals surface area contributed by atoms with Crippen LogP contribution < -0.4 is 5.32 Å². The number of hydrogen-bond donors (Lipinski definition) is 2. The highest BCUT2D eigenvalue weighted by Crippen LogP contribution is 2.25. The molecule has 0 saturated heterocycles. The highest BCUT2D eigenvalue weighted by atomic mass is 16.1. The van der Waals surface area contributed by atoms with Crippen molar-refractivity contribution in [2.45, 2.75) is 0 Å². The summed E-state index contributed by atoms with van der Waals surface area (Å²) in [5.41, 5.74) is 1.50. The van der Waals surface area contributed by atoms with Gasteiger partial charge in [-0.3, -0.25) is 4.79 Å². The molecule has 0 aliphatic heterocycles. The maximum Gasteiger partial charge on any atom is 0.273 e. The minimum atomic E-state index is -0.195. The summed E-state index contributed by atoms with van der Waals surface area (Å²) in [6.45, 7) is 0. The Morgan fingerprint density at radius 3 is 2.64 bits per heavy atom. The Kier molecular flexibility index (Phi) is 2.86. The third kappa shape index (κ3) is 2.11. The average molecular weight is 287 g/mol. The van der Waals surface area contributed by atoms with Gasteiger partial charge in [0.2, 0.25) is 0 Å². The number of nitrogens with zero attached hydrogens (tertiary/aromatic N) is 1. The minimum Gasteiger partial charge on any atom is -0.350 e. The first kappa shape index (κ1) is 12.6. The number of nitrogens with one attached hydrogen (secondary N) is 2. The van der Waals surface area contributed by atoms with Gasteiger partial charge in [-0.2, -0.15) is 0 Å². The number of aromatic amines is 1. The molecule has 2 N–H and O–H groups in total. The zero-order valence-electron chi connectivity index (χ0n) is 11.7. The van der Waals surface area contributed by atoms with Crippen molar-refractivity contribution in [3.63, 3.8) is 0 Å². The highest BCUT2D eigenvalue weighted by molar-refractivity contribution is 6.11. The molecule has 0 aliphatic carbocycles. The lowest BCUT2D eigenvalue weighted by Gasteiger charge is -2.01. The van der Waals surface area contributed by atoms with Crippen molar-refractivity contribution in [3.8, 4) is 0 Å². The van der Waals surface area contributed by atoms with Gasteiger partial charge in [0.05, 0.1) is 5.52 Å². The highest BCUT2D eigenvalue weighted by Gasteiger charge is 2.11. The Balaban J connectivity index is 1.76. The van der Waals surface area contributed by atoms with Crippen LogP contribution in [-0.2, 0) is 0 Å². The summed E-state index contributed by atoms with van der Waals surface area (Å²) in [5.74, 6) is 0.343. The van der Waals surface area contributed by atoms with Crippen molar-refractivity contribution in [1.29, 1.82) is 0 Å². The standard InChI is InChI=1S/C18H13N3O/c22-18(21-16-7-3-4-10-19-16)15-11-13-9-8-12-5-1-2-6-14(12)17(13)20-15/h1-11,20H,(H,19,21,22). The number of amides is 1. The van der Waals surface area contributed by atoms with Gasteiger partial charge in [-0.15, -0.1) is 0 Å². The predicted molar refractivity (Wildman–Crippen MR) is 88.0 cm³/mol. The van der Waals surface area contributed by atoms with E-state index < -0.39 is 0 Å². The monoisotopic (exact) mass is 287 g/mol. The fourth-order valence-electron chi connectivity index (χ4n) is 2.62. The second kappa shape index (κ2) is 5.00. The lowest BCUT2D eigenvalue weighted by atomic mass is 10.1. The molecule has 0 saturated carbocycles. The number of benzene rings is 2. The predicted octanol–water partition coefficient (Wildman–Crippen LogP) is 3.97. The van der Waals surface area contributed by atoms with Crippen molar-refractivity contribution in [3.05, 3.63) is 72.6 Å². The molecule has 2 aromatic carbocycles. The van der Waals surface area contributed by atoms with E-state index in [0.717, 1.165) is 21.7 Å². The minimum absolute atomic E-state index is 0.195. The Hall–Kier alpha value is -3.14. The van der Waals surface area contributed by atoms with E-state index in [9.17, 15) is 4.79 Å². The van der Waals surface area contributed by atoms with Gasteiger partial charge in [0, 0.05) is 17.0 Å². The second-order valence-electron chi connectivity index (χ2n) is 5.10.